The largest absolute Gasteiger partial charge is 0.338 e. The summed E-state index contributed by atoms with van der Waals surface area (Å²) in [5, 5.41) is 0.315. The molecule has 0 amide bonds. The van der Waals surface area contributed by atoms with Crippen molar-refractivity contribution >= 4 is 81.1 Å². The number of aryl methyl sites for hydroxylation is 2. The van der Waals surface area contributed by atoms with Crippen LogP contribution in [-0.4, -0.2) is 41.2 Å². The Morgan fingerprint density at radius 2 is 0.981 bits per heavy atom. The van der Waals surface area contributed by atoms with Crippen molar-refractivity contribution in [3.8, 4) is 0 Å². The van der Waals surface area contributed by atoms with Crippen LogP contribution in [0.4, 0.5) is 15.8 Å². The van der Waals surface area contributed by atoms with Crippen LogP contribution in [0.25, 0.3) is 0 Å². The molecule has 0 N–H and O–H groups in total. The Morgan fingerprint density at radius 3 is 1.43 bits per heavy atom. The van der Waals surface area contributed by atoms with Gasteiger partial charge in [0.05, 0.1) is 43.0 Å². The van der Waals surface area contributed by atoms with Gasteiger partial charge in [-0.1, -0.05) is 156 Å². The Hall–Kier alpha value is -2.80. The molecule has 0 unspecified atom stereocenters. The van der Waals surface area contributed by atoms with Gasteiger partial charge in [-0.15, -0.1) is 0 Å². The second-order valence-electron chi connectivity index (χ2n) is 15.5. The molecule has 0 aliphatic carbocycles. The highest BCUT2D eigenvalue weighted by Gasteiger charge is 2.32. The van der Waals surface area contributed by atoms with Crippen LogP contribution in [0.5, 0.6) is 0 Å². The number of nitrogens with zero attached hydrogens (tertiary/aromatic N) is 4. The SMILES string of the molecule is Cc1cc(C)c(N=C(c2c(Cl)c(Cl)c(Cl)c(Cl)c2Cl)N2CCCN(C(=Nc3c(C(C)C)cccc3C(C)C)c3c(C(C)C)cccc3C(C)C)C2)c(F)c1. The average molecular weight is 831 g/mol. The van der Waals surface area contributed by atoms with Crippen LogP contribution in [0.3, 0.4) is 0 Å². The van der Waals surface area contributed by atoms with Crippen LogP contribution in [-0.2, 0) is 0 Å². The average Bonchev–Trinajstić information content (AvgIpc) is 3.12. The maximum atomic E-state index is 15.8. The lowest BCUT2D eigenvalue weighted by atomic mass is 9.87. The first-order valence-corrected chi connectivity index (χ1v) is 20.5. The van der Waals surface area contributed by atoms with Gasteiger partial charge in [0.2, 0.25) is 0 Å². The Balaban J connectivity index is 1.83. The monoisotopic (exact) mass is 828 g/mol. The number of amidine groups is 2. The summed E-state index contributed by atoms with van der Waals surface area (Å²) >= 11 is 33.7. The lowest BCUT2D eigenvalue weighted by Crippen LogP contribution is -2.50. The van der Waals surface area contributed by atoms with Crippen molar-refractivity contribution in [2.45, 2.75) is 99.3 Å². The number of aliphatic imine (C=N–C) groups is 2. The van der Waals surface area contributed by atoms with E-state index >= 15 is 4.39 Å². The summed E-state index contributed by atoms with van der Waals surface area (Å²) < 4.78 is 15.8. The summed E-state index contributed by atoms with van der Waals surface area (Å²) in [5.41, 5.74) is 8.87. The van der Waals surface area contributed by atoms with E-state index in [9.17, 15) is 0 Å². The quantitative estimate of drug-likeness (QED) is 0.0767. The molecule has 5 rings (SSSR count). The molecule has 10 heteroatoms. The van der Waals surface area contributed by atoms with Gasteiger partial charge < -0.3 is 9.80 Å². The lowest BCUT2D eigenvalue weighted by molar-refractivity contribution is 0.214. The van der Waals surface area contributed by atoms with Gasteiger partial charge in [-0.2, -0.15) is 0 Å². The predicted molar refractivity (Wildman–Crippen MR) is 232 cm³/mol. The summed E-state index contributed by atoms with van der Waals surface area (Å²) in [6, 6.07) is 16.5. The minimum Gasteiger partial charge on any atom is -0.338 e. The number of para-hydroxylation sites is 1. The Bertz CT molecular complexity index is 2000. The van der Waals surface area contributed by atoms with Gasteiger partial charge in [0.1, 0.15) is 23.2 Å². The molecule has 4 aromatic carbocycles. The molecule has 1 heterocycles. The summed E-state index contributed by atoms with van der Waals surface area (Å²) in [4.78, 5) is 15.1. The van der Waals surface area contributed by atoms with Gasteiger partial charge in [0.25, 0.3) is 0 Å². The molecule has 1 aliphatic rings. The normalized spacial score (nSPS) is 14.4. The van der Waals surface area contributed by atoms with E-state index in [1.807, 2.05) is 19.9 Å². The molecular formula is C44H50Cl5FN4. The molecule has 0 bridgehead atoms. The van der Waals surface area contributed by atoms with E-state index in [1.165, 1.54) is 28.3 Å². The molecule has 0 radical (unpaired) electrons. The highest BCUT2D eigenvalue weighted by molar-refractivity contribution is 6.56. The molecule has 4 aromatic rings. The van der Waals surface area contributed by atoms with Gasteiger partial charge in [-0.3, -0.25) is 0 Å². The molecule has 1 saturated heterocycles. The zero-order chi connectivity index (χ0) is 39.8. The van der Waals surface area contributed by atoms with Crippen molar-refractivity contribution < 1.29 is 4.39 Å². The first kappa shape index (κ1) is 42.3. The number of hydrogen-bond donors (Lipinski definition) is 0. The van der Waals surface area contributed by atoms with Crippen LogP contribution in [0.1, 0.15) is 130 Å². The molecule has 54 heavy (non-hydrogen) atoms. The molecule has 4 nitrogen and oxygen atoms in total. The van der Waals surface area contributed by atoms with Crippen molar-refractivity contribution in [1.82, 2.24) is 9.80 Å². The van der Waals surface area contributed by atoms with E-state index in [-0.39, 0.29) is 60.0 Å². The van der Waals surface area contributed by atoms with Crippen molar-refractivity contribution in [2.75, 3.05) is 19.8 Å². The van der Waals surface area contributed by atoms with E-state index in [2.05, 4.69) is 102 Å². The number of benzene rings is 4. The standard InChI is InChI=1S/C44H50Cl5FN4/c1-23(2)29-14-11-15-30(24(3)4)34(29)43(52-42-31(25(5)6)16-12-17-32(42)26(7)8)53-18-13-19-54(22-53)44(51-41-28(10)20-27(9)21-33(41)50)35-36(45)38(47)40(49)39(48)37(35)46/h11-12,14-17,20-21,23-26H,13,18-19,22H2,1-10H3. The zero-order valence-corrected chi connectivity index (χ0v) is 36.6. The summed E-state index contributed by atoms with van der Waals surface area (Å²) in [6.07, 6.45) is 0.738. The number of hydrogen-bond acceptors (Lipinski definition) is 2. The van der Waals surface area contributed by atoms with Crippen LogP contribution in [0, 0.1) is 19.7 Å². The predicted octanol–water partition coefficient (Wildman–Crippen LogP) is 15.0. The fourth-order valence-corrected chi connectivity index (χ4v) is 8.54. The van der Waals surface area contributed by atoms with E-state index in [1.54, 1.807) is 0 Å². The third-order valence-electron chi connectivity index (χ3n) is 10.0. The third kappa shape index (κ3) is 8.61. The summed E-state index contributed by atoms with van der Waals surface area (Å²) in [5.74, 6) is 1.73. The first-order valence-electron chi connectivity index (χ1n) is 18.7. The first-order chi connectivity index (χ1) is 25.4. The molecule has 0 saturated carbocycles. The van der Waals surface area contributed by atoms with Crippen LogP contribution < -0.4 is 0 Å². The van der Waals surface area contributed by atoms with Crippen molar-refractivity contribution in [2.24, 2.45) is 9.98 Å². The number of halogens is 6. The van der Waals surface area contributed by atoms with Gasteiger partial charge in [-0.05, 0) is 83.4 Å². The summed E-state index contributed by atoms with van der Waals surface area (Å²) in [7, 11) is 0. The maximum absolute atomic E-state index is 15.8. The van der Waals surface area contributed by atoms with Crippen molar-refractivity contribution in [1.29, 1.82) is 0 Å². The zero-order valence-electron chi connectivity index (χ0n) is 32.8. The van der Waals surface area contributed by atoms with E-state index < -0.39 is 5.82 Å². The Morgan fingerprint density at radius 1 is 0.574 bits per heavy atom. The smallest absolute Gasteiger partial charge is 0.149 e. The molecule has 1 aliphatic heterocycles. The molecule has 0 aromatic heterocycles. The fraction of sp³-hybridized carbons (Fsp3) is 0.409. The number of rotatable bonds is 8. The van der Waals surface area contributed by atoms with Crippen LogP contribution in [0.15, 0.2) is 58.5 Å². The molecule has 1 fully saturated rings. The van der Waals surface area contributed by atoms with Gasteiger partial charge >= 0.3 is 0 Å². The second-order valence-corrected chi connectivity index (χ2v) is 17.4. The lowest BCUT2D eigenvalue weighted by Gasteiger charge is -2.40. The Labute approximate surface area is 346 Å². The minimum absolute atomic E-state index is 0.0418. The highest BCUT2D eigenvalue weighted by Crippen LogP contribution is 2.45. The van der Waals surface area contributed by atoms with Gasteiger partial charge in [0, 0.05) is 18.7 Å². The maximum Gasteiger partial charge on any atom is 0.149 e. The topological polar surface area (TPSA) is 31.2 Å². The summed E-state index contributed by atoms with van der Waals surface area (Å²) in [6.45, 7) is 23.1. The minimum atomic E-state index is -0.460. The van der Waals surface area contributed by atoms with Gasteiger partial charge in [0.15, 0.2) is 0 Å². The van der Waals surface area contributed by atoms with E-state index in [0.29, 0.717) is 24.6 Å². The van der Waals surface area contributed by atoms with Crippen molar-refractivity contribution in [3.63, 3.8) is 0 Å². The van der Waals surface area contributed by atoms with Crippen molar-refractivity contribution in [3.05, 3.63) is 124 Å². The van der Waals surface area contributed by atoms with Gasteiger partial charge in [-0.25, -0.2) is 14.4 Å². The van der Waals surface area contributed by atoms with E-state index in [4.69, 9.17) is 68.0 Å². The second kappa shape index (κ2) is 17.6. The fourth-order valence-electron chi connectivity index (χ4n) is 7.23. The van der Waals surface area contributed by atoms with Crippen LogP contribution in [0.2, 0.25) is 25.1 Å². The Kier molecular flexibility index (Phi) is 13.8. The highest BCUT2D eigenvalue weighted by atomic mass is 35.5. The van der Waals surface area contributed by atoms with Crippen LogP contribution >= 0.6 is 58.0 Å². The molecule has 0 spiro atoms. The molecular weight excluding hydrogens is 781 g/mol. The van der Waals surface area contributed by atoms with E-state index in [0.717, 1.165) is 35.6 Å². The molecule has 288 valence electrons. The third-order valence-corrected chi connectivity index (χ3v) is 12.3. The molecule has 0 atom stereocenters.